The van der Waals surface area contributed by atoms with Crippen LogP contribution in [-0.4, -0.2) is 18.6 Å². The highest BCUT2D eigenvalue weighted by Crippen LogP contribution is 2.37. The van der Waals surface area contributed by atoms with Gasteiger partial charge in [0.15, 0.2) is 0 Å². The highest BCUT2D eigenvalue weighted by atomic mass is 32.2. The van der Waals surface area contributed by atoms with Crippen LogP contribution in [0.5, 0.6) is 0 Å². The summed E-state index contributed by atoms with van der Waals surface area (Å²) in [5.41, 5.74) is 1.73. The minimum atomic E-state index is -3.67. The van der Waals surface area contributed by atoms with E-state index in [1.807, 2.05) is 0 Å². The van der Waals surface area contributed by atoms with Crippen LogP contribution >= 0.6 is 0 Å². The molecule has 1 aliphatic heterocycles. The molecule has 0 aliphatic carbocycles. The van der Waals surface area contributed by atoms with Crippen LogP contribution < -0.4 is 4.72 Å². The number of fused-ring (bicyclic) bond motifs is 1. The molecule has 0 spiro atoms. The van der Waals surface area contributed by atoms with Gasteiger partial charge in [-0.1, -0.05) is 6.07 Å². The first-order chi connectivity index (χ1) is 9.58. The Morgan fingerprint density at radius 3 is 2.95 bits per heavy atom. The van der Waals surface area contributed by atoms with Gasteiger partial charge in [-0.3, -0.25) is 5.10 Å². The number of sulfonamides is 1. The lowest BCUT2D eigenvalue weighted by molar-refractivity contribution is 0.567. The molecule has 1 aliphatic rings. The van der Waals surface area contributed by atoms with Crippen molar-refractivity contribution < 1.29 is 8.42 Å². The Labute approximate surface area is 119 Å². The fraction of sp³-hybridized carbons (Fsp3) is 0.182. The Hall–Kier alpha value is -1.84. The first-order valence-corrected chi connectivity index (χ1v) is 8.01. The minimum absolute atomic E-state index is 0.138. The first kappa shape index (κ1) is 13.2. The van der Waals surface area contributed by atoms with Crippen LogP contribution in [0.25, 0.3) is 0 Å². The number of benzene rings is 1. The highest BCUT2D eigenvalue weighted by Gasteiger charge is 2.24. The zero-order chi connectivity index (χ0) is 14.2. The second-order valence-corrected chi connectivity index (χ2v) is 6.47. The Balaban J connectivity index is 1.94. The average Bonchev–Trinajstić information content (AvgIpc) is 3.08. The van der Waals surface area contributed by atoms with E-state index in [1.165, 1.54) is 6.07 Å². The van der Waals surface area contributed by atoms with E-state index in [4.69, 9.17) is 0 Å². The summed E-state index contributed by atoms with van der Waals surface area (Å²) in [5.74, 6) is 0. The molecule has 0 radical (unpaired) electrons. The standard InChI is InChI=1S/C11H11N5O2S2/c1-7(8-5-12-13-6-8)16-20(17,18)10-4-2-3-9-11(10)15-19-14-9/h2-7,16H,1H3,(H,12,13). The summed E-state index contributed by atoms with van der Waals surface area (Å²) in [6.07, 6.45) is 3.23. The molecular weight excluding hydrogens is 298 g/mol. The molecule has 104 valence electrons. The number of nitrogens with one attached hydrogen (secondary N) is 2. The van der Waals surface area contributed by atoms with Gasteiger partial charge in [0.25, 0.3) is 0 Å². The van der Waals surface area contributed by atoms with Gasteiger partial charge in [0.05, 0.1) is 17.6 Å². The zero-order valence-corrected chi connectivity index (χ0v) is 12.1. The van der Waals surface area contributed by atoms with Crippen LogP contribution in [0, 0.1) is 0 Å². The summed E-state index contributed by atoms with van der Waals surface area (Å²) in [5, 5.41) is 6.46. The van der Waals surface area contributed by atoms with Crippen molar-refractivity contribution in [2.75, 3.05) is 0 Å². The molecule has 0 saturated heterocycles. The maximum Gasteiger partial charge on any atom is 0.243 e. The number of rotatable bonds is 4. The van der Waals surface area contributed by atoms with Gasteiger partial charge in [0.1, 0.15) is 16.3 Å². The van der Waals surface area contributed by atoms with Gasteiger partial charge < -0.3 is 0 Å². The maximum absolute atomic E-state index is 12.4. The first-order valence-electron chi connectivity index (χ1n) is 5.80. The van der Waals surface area contributed by atoms with Crippen molar-refractivity contribution in [2.45, 2.75) is 17.9 Å². The van der Waals surface area contributed by atoms with Crippen molar-refractivity contribution in [1.82, 2.24) is 14.9 Å². The highest BCUT2D eigenvalue weighted by molar-refractivity contribution is 7.89. The SMILES string of the molecule is CC(NS(=O)(=O)c1cccc2c1N=S=N2)c1cn[nH]c1. The lowest BCUT2D eigenvalue weighted by Gasteiger charge is -2.13. The second-order valence-electron chi connectivity index (χ2n) is 4.26. The Bertz CT molecular complexity index is 807. The third kappa shape index (κ3) is 2.30. The molecule has 3 rings (SSSR count). The van der Waals surface area contributed by atoms with E-state index < -0.39 is 10.0 Å². The molecule has 1 aromatic carbocycles. The van der Waals surface area contributed by atoms with Crippen LogP contribution in [0.2, 0.25) is 0 Å². The van der Waals surface area contributed by atoms with Gasteiger partial charge >= 0.3 is 0 Å². The van der Waals surface area contributed by atoms with E-state index in [1.54, 1.807) is 31.5 Å². The fourth-order valence-electron chi connectivity index (χ4n) is 1.86. The van der Waals surface area contributed by atoms with Crippen LogP contribution in [0.1, 0.15) is 18.5 Å². The van der Waals surface area contributed by atoms with E-state index in [-0.39, 0.29) is 10.9 Å². The topological polar surface area (TPSA) is 99.6 Å². The molecule has 2 aromatic rings. The monoisotopic (exact) mass is 309 g/mol. The molecular formula is C11H11N5O2S2. The van der Waals surface area contributed by atoms with Crippen molar-refractivity contribution in [3.8, 4) is 0 Å². The van der Waals surface area contributed by atoms with Crippen molar-refractivity contribution >= 4 is 32.8 Å². The summed E-state index contributed by atoms with van der Waals surface area (Å²) in [4.78, 5) is 0.138. The summed E-state index contributed by atoms with van der Waals surface area (Å²) in [6.45, 7) is 1.75. The van der Waals surface area contributed by atoms with Crippen molar-refractivity contribution in [1.29, 1.82) is 0 Å². The van der Waals surface area contributed by atoms with Crippen molar-refractivity contribution in [3.05, 3.63) is 36.2 Å². The third-order valence-corrected chi connectivity index (χ3v) is 5.00. The molecule has 0 bridgehead atoms. The van der Waals surface area contributed by atoms with E-state index >= 15 is 0 Å². The van der Waals surface area contributed by atoms with Gasteiger partial charge in [-0.2, -0.15) is 13.8 Å². The Morgan fingerprint density at radius 2 is 2.20 bits per heavy atom. The van der Waals surface area contributed by atoms with E-state index in [0.717, 1.165) is 16.9 Å². The summed E-state index contributed by atoms with van der Waals surface area (Å²) >= 11 is 0.993. The van der Waals surface area contributed by atoms with Gasteiger partial charge in [-0.05, 0) is 19.1 Å². The molecule has 1 unspecified atom stereocenters. The number of hydrogen-bond acceptors (Lipinski definition) is 5. The van der Waals surface area contributed by atoms with Crippen LogP contribution in [0.3, 0.4) is 0 Å². The average molecular weight is 309 g/mol. The van der Waals surface area contributed by atoms with Crippen molar-refractivity contribution in [2.24, 2.45) is 8.73 Å². The molecule has 2 N–H and O–H groups in total. The molecule has 0 fully saturated rings. The summed E-state index contributed by atoms with van der Waals surface area (Å²) < 4.78 is 35.6. The van der Waals surface area contributed by atoms with Crippen LogP contribution in [-0.2, 0) is 21.4 Å². The largest absolute Gasteiger partial charge is 0.285 e. The smallest absolute Gasteiger partial charge is 0.243 e. The number of hydrogen-bond donors (Lipinski definition) is 2. The molecule has 9 heteroatoms. The number of aromatic amines is 1. The summed E-state index contributed by atoms with van der Waals surface area (Å²) in [6, 6.07) is 4.52. The molecule has 2 heterocycles. The second kappa shape index (κ2) is 4.93. The predicted octanol–water partition coefficient (Wildman–Crippen LogP) is 2.18. The third-order valence-electron chi connectivity index (χ3n) is 2.89. The lowest BCUT2D eigenvalue weighted by atomic mass is 10.2. The number of nitrogens with zero attached hydrogens (tertiary/aromatic N) is 3. The molecule has 20 heavy (non-hydrogen) atoms. The zero-order valence-electron chi connectivity index (χ0n) is 10.4. The van der Waals surface area contributed by atoms with E-state index in [9.17, 15) is 8.42 Å². The van der Waals surface area contributed by atoms with E-state index in [2.05, 4.69) is 23.6 Å². The Kier molecular flexibility index (Phi) is 3.24. The molecule has 1 aromatic heterocycles. The molecule has 1 atom stereocenters. The molecule has 7 nitrogen and oxygen atoms in total. The van der Waals surface area contributed by atoms with Gasteiger partial charge in [-0.25, -0.2) is 13.1 Å². The lowest BCUT2D eigenvalue weighted by Crippen LogP contribution is -2.26. The fourth-order valence-corrected chi connectivity index (χ4v) is 3.86. The number of aromatic nitrogens is 2. The predicted molar refractivity (Wildman–Crippen MR) is 75.3 cm³/mol. The van der Waals surface area contributed by atoms with Crippen LogP contribution in [0.15, 0.2) is 44.2 Å². The van der Waals surface area contributed by atoms with Gasteiger partial charge in [0, 0.05) is 17.8 Å². The van der Waals surface area contributed by atoms with E-state index in [0.29, 0.717) is 11.4 Å². The quantitative estimate of drug-likeness (QED) is 0.772. The summed E-state index contributed by atoms with van der Waals surface area (Å²) in [7, 11) is -3.67. The maximum atomic E-state index is 12.4. The van der Waals surface area contributed by atoms with Crippen LogP contribution in [0.4, 0.5) is 11.4 Å². The Morgan fingerprint density at radius 1 is 1.35 bits per heavy atom. The van der Waals surface area contributed by atoms with Gasteiger partial charge in [-0.15, -0.1) is 0 Å². The molecule has 0 amide bonds. The van der Waals surface area contributed by atoms with Crippen molar-refractivity contribution in [3.63, 3.8) is 0 Å². The van der Waals surface area contributed by atoms with Gasteiger partial charge in [0.2, 0.25) is 10.0 Å². The molecule has 0 saturated carbocycles. The number of H-pyrrole nitrogens is 1. The minimum Gasteiger partial charge on any atom is -0.285 e. The normalized spacial score (nSPS) is 14.8.